The van der Waals surface area contributed by atoms with Gasteiger partial charge in [0.05, 0.1) is 0 Å². The van der Waals surface area contributed by atoms with Crippen LogP contribution in [0.5, 0.6) is 0 Å². The van der Waals surface area contributed by atoms with Gasteiger partial charge in [0.1, 0.15) is 0 Å². The predicted molar refractivity (Wildman–Crippen MR) is 66.6 cm³/mol. The van der Waals surface area contributed by atoms with Crippen molar-refractivity contribution in [1.82, 2.24) is 5.32 Å². The molecule has 1 N–H and O–H groups in total. The lowest BCUT2D eigenvalue weighted by molar-refractivity contribution is 0.189. The van der Waals surface area contributed by atoms with Gasteiger partial charge in [0, 0.05) is 19.8 Å². The third-order valence-corrected chi connectivity index (χ3v) is 3.44. The lowest BCUT2D eigenvalue weighted by Gasteiger charge is -2.17. The van der Waals surface area contributed by atoms with E-state index in [1.165, 1.54) is 11.1 Å². The molecule has 0 aliphatic heterocycles. The molecule has 1 aromatic heterocycles. The number of ether oxygens (including phenoxy) is 1. The average molecular weight is 227 g/mol. The Morgan fingerprint density at radius 1 is 1.47 bits per heavy atom. The van der Waals surface area contributed by atoms with Crippen LogP contribution in [-0.2, 0) is 4.74 Å². The van der Waals surface area contributed by atoms with Crippen LogP contribution in [0.3, 0.4) is 0 Å². The Balaban J connectivity index is 2.53. The van der Waals surface area contributed by atoms with Crippen LogP contribution in [0.15, 0.2) is 10.8 Å². The molecule has 0 bridgehead atoms. The Labute approximate surface area is 96.7 Å². The normalized spacial score (nSPS) is 13.0. The third kappa shape index (κ3) is 3.93. The van der Waals surface area contributed by atoms with E-state index in [-0.39, 0.29) is 0 Å². The van der Waals surface area contributed by atoms with Gasteiger partial charge in [-0.3, -0.25) is 0 Å². The van der Waals surface area contributed by atoms with Crippen LogP contribution in [0.1, 0.15) is 36.9 Å². The summed E-state index contributed by atoms with van der Waals surface area (Å²) in [5.41, 5.74) is 2.86. The van der Waals surface area contributed by atoms with Crippen LogP contribution in [0.2, 0.25) is 0 Å². The summed E-state index contributed by atoms with van der Waals surface area (Å²) in [4.78, 5) is 0. The first-order valence-corrected chi connectivity index (χ1v) is 6.48. The minimum absolute atomic E-state index is 0.497. The molecule has 1 aromatic rings. The van der Waals surface area contributed by atoms with Gasteiger partial charge in [-0.15, -0.1) is 0 Å². The van der Waals surface area contributed by atoms with Crippen molar-refractivity contribution >= 4 is 11.3 Å². The molecule has 3 heteroatoms. The highest BCUT2D eigenvalue weighted by Crippen LogP contribution is 2.25. The molecule has 2 nitrogen and oxygen atoms in total. The lowest BCUT2D eigenvalue weighted by Crippen LogP contribution is -2.21. The molecule has 0 fully saturated rings. The van der Waals surface area contributed by atoms with Crippen molar-refractivity contribution in [2.45, 2.75) is 32.7 Å². The summed E-state index contributed by atoms with van der Waals surface area (Å²) < 4.78 is 5.09. The maximum absolute atomic E-state index is 5.09. The van der Waals surface area contributed by atoms with E-state index in [1.807, 2.05) is 0 Å². The summed E-state index contributed by atoms with van der Waals surface area (Å²) in [7, 11) is 1.76. The van der Waals surface area contributed by atoms with Gasteiger partial charge >= 0.3 is 0 Å². The molecule has 1 heterocycles. The topological polar surface area (TPSA) is 21.3 Å². The number of methoxy groups -OCH3 is 1. The zero-order chi connectivity index (χ0) is 11.1. The lowest BCUT2D eigenvalue weighted by atomic mass is 10.0. The van der Waals surface area contributed by atoms with E-state index in [0.29, 0.717) is 6.04 Å². The summed E-state index contributed by atoms with van der Waals surface area (Å²) in [5, 5.41) is 8.01. The largest absolute Gasteiger partial charge is 0.385 e. The summed E-state index contributed by atoms with van der Waals surface area (Å²) in [6, 6.07) is 0.497. The number of thiophene rings is 1. The number of hydrogen-bond donors (Lipinski definition) is 1. The summed E-state index contributed by atoms with van der Waals surface area (Å²) in [5.74, 6) is 0. The van der Waals surface area contributed by atoms with Crippen LogP contribution < -0.4 is 5.32 Å². The predicted octanol–water partition coefficient (Wildman–Crippen LogP) is 3.13. The Morgan fingerprint density at radius 3 is 2.80 bits per heavy atom. The van der Waals surface area contributed by atoms with Crippen molar-refractivity contribution in [2.24, 2.45) is 0 Å². The fourth-order valence-corrected chi connectivity index (χ4v) is 2.68. The zero-order valence-electron chi connectivity index (χ0n) is 9.88. The third-order valence-electron chi connectivity index (χ3n) is 2.56. The van der Waals surface area contributed by atoms with Crippen LogP contribution in [0.25, 0.3) is 0 Å². The number of aryl methyl sites for hydroxylation is 1. The van der Waals surface area contributed by atoms with E-state index in [0.717, 1.165) is 26.0 Å². The average Bonchev–Trinajstić information content (AvgIpc) is 2.64. The molecule has 0 aliphatic rings. The number of rotatable bonds is 7. The van der Waals surface area contributed by atoms with Crippen LogP contribution in [0, 0.1) is 6.92 Å². The Hall–Kier alpha value is -0.380. The highest BCUT2D eigenvalue weighted by molar-refractivity contribution is 7.08. The van der Waals surface area contributed by atoms with Crippen molar-refractivity contribution in [3.05, 3.63) is 21.9 Å². The maximum atomic E-state index is 5.09. The molecule has 0 saturated heterocycles. The Bertz CT molecular complexity index is 272. The maximum Gasteiger partial charge on any atom is 0.0462 e. The van der Waals surface area contributed by atoms with E-state index < -0.39 is 0 Å². The highest BCUT2D eigenvalue weighted by Gasteiger charge is 2.12. The van der Waals surface area contributed by atoms with E-state index in [2.05, 4.69) is 29.9 Å². The van der Waals surface area contributed by atoms with Gasteiger partial charge in [-0.05, 0) is 48.2 Å². The van der Waals surface area contributed by atoms with Gasteiger partial charge < -0.3 is 10.1 Å². The van der Waals surface area contributed by atoms with Crippen LogP contribution in [-0.4, -0.2) is 20.3 Å². The first kappa shape index (κ1) is 12.7. The van der Waals surface area contributed by atoms with Crippen molar-refractivity contribution in [2.75, 3.05) is 20.3 Å². The van der Waals surface area contributed by atoms with Gasteiger partial charge in [-0.25, -0.2) is 0 Å². The van der Waals surface area contributed by atoms with Crippen molar-refractivity contribution in [3.63, 3.8) is 0 Å². The molecular formula is C12H21NOS. The van der Waals surface area contributed by atoms with Crippen LogP contribution >= 0.6 is 11.3 Å². The second kappa shape index (κ2) is 6.99. The molecular weight excluding hydrogens is 206 g/mol. The highest BCUT2D eigenvalue weighted by atomic mass is 32.1. The fraction of sp³-hybridized carbons (Fsp3) is 0.667. The molecule has 1 atom stereocenters. The van der Waals surface area contributed by atoms with Crippen LogP contribution in [0.4, 0.5) is 0 Å². The van der Waals surface area contributed by atoms with Gasteiger partial charge in [-0.2, -0.15) is 11.3 Å². The number of nitrogens with one attached hydrogen (secondary N) is 1. The molecule has 0 radical (unpaired) electrons. The molecule has 86 valence electrons. The standard InChI is InChI=1S/C12H21NOS/c1-4-13-12(6-5-7-14-3)11-9-15-8-10(11)2/h8-9,12-13H,4-7H2,1-3H3. The second-order valence-corrected chi connectivity index (χ2v) is 4.50. The molecule has 0 saturated carbocycles. The second-order valence-electron chi connectivity index (χ2n) is 3.76. The Morgan fingerprint density at radius 2 is 2.27 bits per heavy atom. The van der Waals surface area contributed by atoms with Gasteiger partial charge in [0.25, 0.3) is 0 Å². The van der Waals surface area contributed by atoms with E-state index in [9.17, 15) is 0 Å². The first-order valence-electron chi connectivity index (χ1n) is 5.54. The van der Waals surface area contributed by atoms with E-state index >= 15 is 0 Å². The monoisotopic (exact) mass is 227 g/mol. The van der Waals surface area contributed by atoms with Crippen molar-refractivity contribution in [1.29, 1.82) is 0 Å². The fourth-order valence-electron chi connectivity index (χ4n) is 1.77. The molecule has 0 aromatic carbocycles. The summed E-state index contributed by atoms with van der Waals surface area (Å²) in [6.07, 6.45) is 2.27. The molecule has 0 spiro atoms. The van der Waals surface area contributed by atoms with Crippen molar-refractivity contribution in [3.8, 4) is 0 Å². The first-order chi connectivity index (χ1) is 7.29. The molecule has 0 amide bonds. The summed E-state index contributed by atoms with van der Waals surface area (Å²) >= 11 is 1.79. The van der Waals surface area contributed by atoms with E-state index in [1.54, 1.807) is 18.4 Å². The van der Waals surface area contributed by atoms with Gasteiger partial charge in [0.15, 0.2) is 0 Å². The number of hydrogen-bond acceptors (Lipinski definition) is 3. The minimum atomic E-state index is 0.497. The molecule has 1 rings (SSSR count). The zero-order valence-corrected chi connectivity index (χ0v) is 10.7. The summed E-state index contributed by atoms with van der Waals surface area (Å²) in [6.45, 7) is 6.22. The van der Waals surface area contributed by atoms with Gasteiger partial charge in [-0.1, -0.05) is 6.92 Å². The Kier molecular flexibility index (Phi) is 5.91. The smallest absolute Gasteiger partial charge is 0.0462 e. The molecule has 0 aliphatic carbocycles. The van der Waals surface area contributed by atoms with E-state index in [4.69, 9.17) is 4.74 Å². The van der Waals surface area contributed by atoms with Gasteiger partial charge in [0.2, 0.25) is 0 Å². The quantitative estimate of drug-likeness (QED) is 0.723. The molecule has 1 unspecified atom stereocenters. The molecule has 15 heavy (non-hydrogen) atoms. The SMILES string of the molecule is CCNC(CCCOC)c1cscc1C. The minimum Gasteiger partial charge on any atom is -0.385 e. The van der Waals surface area contributed by atoms with Crippen molar-refractivity contribution < 1.29 is 4.74 Å².